The summed E-state index contributed by atoms with van der Waals surface area (Å²) in [6.07, 6.45) is 1.77. The first kappa shape index (κ1) is 16.7. The fourth-order valence-corrected chi connectivity index (χ4v) is 3.18. The molecule has 0 unspecified atom stereocenters. The van der Waals surface area contributed by atoms with E-state index in [4.69, 9.17) is 9.47 Å². The van der Waals surface area contributed by atoms with Crippen molar-refractivity contribution in [3.05, 3.63) is 64.5 Å². The van der Waals surface area contributed by atoms with Crippen molar-refractivity contribution >= 4 is 23.0 Å². The highest BCUT2D eigenvalue weighted by molar-refractivity contribution is 7.11. The van der Waals surface area contributed by atoms with Crippen molar-refractivity contribution in [3.8, 4) is 28.8 Å². The van der Waals surface area contributed by atoms with Gasteiger partial charge in [-0.15, -0.1) is 11.3 Å². The summed E-state index contributed by atoms with van der Waals surface area (Å²) in [7, 11) is 3.20. The third-order valence-electron chi connectivity index (χ3n) is 3.66. The molecule has 25 heavy (non-hydrogen) atoms. The van der Waals surface area contributed by atoms with Gasteiger partial charge in [0.1, 0.15) is 22.6 Å². The van der Waals surface area contributed by atoms with Gasteiger partial charge in [0.25, 0.3) is 0 Å². The molecular formula is C20H16N2O2S. The van der Waals surface area contributed by atoms with E-state index in [1.54, 1.807) is 20.3 Å². The zero-order valence-electron chi connectivity index (χ0n) is 13.9. The Morgan fingerprint density at radius 3 is 2.60 bits per heavy atom. The van der Waals surface area contributed by atoms with Gasteiger partial charge in [-0.25, -0.2) is 4.98 Å². The van der Waals surface area contributed by atoms with E-state index in [0.29, 0.717) is 22.1 Å². The zero-order valence-corrected chi connectivity index (χ0v) is 14.7. The molecule has 0 amide bonds. The Hall–Kier alpha value is -3.10. The fourth-order valence-electron chi connectivity index (χ4n) is 2.39. The Morgan fingerprint density at radius 2 is 1.92 bits per heavy atom. The van der Waals surface area contributed by atoms with Crippen molar-refractivity contribution in [3.63, 3.8) is 0 Å². The van der Waals surface area contributed by atoms with E-state index in [9.17, 15) is 5.26 Å². The molecule has 0 N–H and O–H groups in total. The zero-order chi connectivity index (χ0) is 17.6. The molecule has 3 aromatic rings. The van der Waals surface area contributed by atoms with Gasteiger partial charge in [0.2, 0.25) is 0 Å². The van der Waals surface area contributed by atoms with Crippen LogP contribution in [0.25, 0.3) is 22.9 Å². The molecule has 0 aliphatic rings. The van der Waals surface area contributed by atoms with Crippen molar-refractivity contribution < 1.29 is 9.47 Å². The predicted molar refractivity (Wildman–Crippen MR) is 101 cm³/mol. The number of nitrogens with zero attached hydrogens (tertiary/aromatic N) is 2. The fraction of sp³-hybridized carbons (Fsp3) is 0.100. The van der Waals surface area contributed by atoms with Crippen LogP contribution in [0.1, 0.15) is 10.6 Å². The quantitative estimate of drug-likeness (QED) is 0.616. The van der Waals surface area contributed by atoms with Gasteiger partial charge in [0.05, 0.1) is 25.5 Å². The number of benzene rings is 2. The molecule has 0 radical (unpaired) electrons. The lowest BCUT2D eigenvalue weighted by Gasteiger charge is -2.07. The van der Waals surface area contributed by atoms with Crippen LogP contribution in [0, 0.1) is 11.3 Å². The van der Waals surface area contributed by atoms with Gasteiger partial charge in [0.15, 0.2) is 0 Å². The van der Waals surface area contributed by atoms with Gasteiger partial charge >= 0.3 is 0 Å². The molecule has 0 atom stereocenters. The molecule has 1 heterocycles. The average Bonchev–Trinajstić information content (AvgIpc) is 3.16. The molecule has 0 saturated heterocycles. The minimum atomic E-state index is 0.485. The molecule has 1 aromatic heterocycles. The largest absolute Gasteiger partial charge is 0.497 e. The Bertz CT molecular complexity index is 940. The minimum absolute atomic E-state index is 0.485. The second-order valence-corrected chi connectivity index (χ2v) is 6.04. The highest BCUT2D eigenvalue weighted by Crippen LogP contribution is 2.31. The highest BCUT2D eigenvalue weighted by Gasteiger charge is 2.11. The summed E-state index contributed by atoms with van der Waals surface area (Å²) >= 11 is 1.45. The highest BCUT2D eigenvalue weighted by atomic mass is 32.1. The Kier molecular flexibility index (Phi) is 5.12. The molecule has 0 aliphatic carbocycles. The normalized spacial score (nSPS) is 11.0. The van der Waals surface area contributed by atoms with Gasteiger partial charge in [-0.2, -0.15) is 5.26 Å². The van der Waals surface area contributed by atoms with Crippen LogP contribution in [-0.2, 0) is 0 Å². The first-order chi connectivity index (χ1) is 12.2. The smallest absolute Gasteiger partial charge is 0.134 e. The van der Waals surface area contributed by atoms with E-state index in [1.807, 2.05) is 53.9 Å². The number of thiazole rings is 1. The predicted octanol–water partition coefficient (Wildman–Crippen LogP) is 4.89. The monoisotopic (exact) mass is 348 g/mol. The van der Waals surface area contributed by atoms with E-state index >= 15 is 0 Å². The van der Waals surface area contributed by atoms with Crippen LogP contribution in [-0.4, -0.2) is 19.2 Å². The van der Waals surface area contributed by atoms with E-state index in [1.165, 1.54) is 11.3 Å². The first-order valence-electron chi connectivity index (χ1n) is 7.60. The summed E-state index contributed by atoms with van der Waals surface area (Å²) in [4.78, 5) is 4.60. The standard InChI is InChI=1S/C20H16N2O2S/c1-23-17-8-9-19(24-2)15(11-17)10-16(12-21)20-22-18(13-25-20)14-6-4-3-5-7-14/h3-11,13H,1-2H3/b16-10-. The van der Waals surface area contributed by atoms with Gasteiger partial charge in [0, 0.05) is 16.5 Å². The maximum atomic E-state index is 9.59. The summed E-state index contributed by atoms with van der Waals surface area (Å²) in [5.74, 6) is 1.38. The van der Waals surface area contributed by atoms with Crippen LogP contribution in [0.3, 0.4) is 0 Å². The molecule has 0 bridgehead atoms. The number of allylic oxidation sites excluding steroid dienone is 1. The van der Waals surface area contributed by atoms with Crippen molar-refractivity contribution in [2.24, 2.45) is 0 Å². The first-order valence-corrected chi connectivity index (χ1v) is 8.48. The van der Waals surface area contributed by atoms with Gasteiger partial charge in [-0.3, -0.25) is 0 Å². The number of ether oxygens (including phenoxy) is 2. The molecular weight excluding hydrogens is 332 g/mol. The molecule has 0 saturated carbocycles. The number of hydrogen-bond donors (Lipinski definition) is 0. The van der Waals surface area contributed by atoms with Crippen molar-refractivity contribution in [2.75, 3.05) is 14.2 Å². The van der Waals surface area contributed by atoms with Crippen LogP contribution in [0.2, 0.25) is 0 Å². The van der Waals surface area contributed by atoms with Crippen LogP contribution in [0.4, 0.5) is 0 Å². The van der Waals surface area contributed by atoms with Crippen LogP contribution in [0.5, 0.6) is 11.5 Å². The lowest BCUT2D eigenvalue weighted by molar-refractivity contribution is 0.402. The number of rotatable bonds is 5. The molecule has 5 heteroatoms. The van der Waals surface area contributed by atoms with Crippen molar-refractivity contribution in [2.45, 2.75) is 0 Å². The topological polar surface area (TPSA) is 55.1 Å². The molecule has 3 rings (SSSR count). The van der Waals surface area contributed by atoms with Crippen LogP contribution < -0.4 is 9.47 Å². The number of hydrogen-bond acceptors (Lipinski definition) is 5. The SMILES string of the molecule is COc1ccc(OC)c(/C=C(/C#N)c2nc(-c3ccccc3)cs2)c1. The molecule has 0 fully saturated rings. The van der Waals surface area contributed by atoms with E-state index in [0.717, 1.165) is 16.8 Å². The van der Waals surface area contributed by atoms with E-state index < -0.39 is 0 Å². The third-order valence-corrected chi connectivity index (χ3v) is 4.54. The summed E-state index contributed by atoms with van der Waals surface area (Å²) in [6, 6.07) is 17.6. The summed E-state index contributed by atoms with van der Waals surface area (Å²) < 4.78 is 10.6. The molecule has 4 nitrogen and oxygen atoms in total. The summed E-state index contributed by atoms with van der Waals surface area (Å²) in [5, 5.41) is 12.2. The second-order valence-electron chi connectivity index (χ2n) is 5.18. The summed E-state index contributed by atoms with van der Waals surface area (Å²) in [6.45, 7) is 0. The van der Waals surface area contributed by atoms with Crippen molar-refractivity contribution in [1.29, 1.82) is 5.26 Å². The Morgan fingerprint density at radius 1 is 1.12 bits per heavy atom. The van der Waals surface area contributed by atoms with Crippen molar-refractivity contribution in [1.82, 2.24) is 4.98 Å². The number of aromatic nitrogens is 1. The minimum Gasteiger partial charge on any atom is -0.497 e. The third kappa shape index (κ3) is 3.70. The Labute approximate surface area is 150 Å². The maximum absolute atomic E-state index is 9.59. The number of nitriles is 1. The number of methoxy groups -OCH3 is 2. The summed E-state index contributed by atoms with van der Waals surface area (Å²) in [5.41, 5.74) is 3.15. The second kappa shape index (κ2) is 7.65. The Balaban J connectivity index is 2.00. The van der Waals surface area contributed by atoms with Gasteiger partial charge < -0.3 is 9.47 Å². The van der Waals surface area contributed by atoms with Gasteiger partial charge in [-0.1, -0.05) is 30.3 Å². The van der Waals surface area contributed by atoms with E-state index in [-0.39, 0.29) is 0 Å². The lowest BCUT2D eigenvalue weighted by atomic mass is 10.1. The molecule has 2 aromatic carbocycles. The average molecular weight is 348 g/mol. The van der Waals surface area contributed by atoms with Crippen LogP contribution >= 0.6 is 11.3 Å². The molecule has 0 spiro atoms. The van der Waals surface area contributed by atoms with Gasteiger partial charge in [-0.05, 0) is 24.3 Å². The molecule has 124 valence electrons. The van der Waals surface area contributed by atoms with Crippen LogP contribution in [0.15, 0.2) is 53.9 Å². The lowest BCUT2D eigenvalue weighted by Crippen LogP contribution is -1.90. The maximum Gasteiger partial charge on any atom is 0.134 e. The molecule has 0 aliphatic heterocycles. The van der Waals surface area contributed by atoms with E-state index in [2.05, 4.69) is 11.1 Å².